The second kappa shape index (κ2) is 15.1. The Hall–Kier alpha value is -4.35. The molecule has 5 rings (SSSR count). The zero-order valence-electron chi connectivity index (χ0n) is 25.5. The Kier molecular flexibility index (Phi) is 10.7. The van der Waals surface area contributed by atoms with Crippen LogP contribution in [0, 0.1) is 0 Å². The number of rotatable bonds is 12. The average molecular weight is 616 g/mol. The molecule has 10 heteroatoms. The van der Waals surface area contributed by atoms with Gasteiger partial charge in [-0.3, -0.25) is 14.5 Å². The Morgan fingerprint density at radius 1 is 0.733 bits per heavy atom. The van der Waals surface area contributed by atoms with E-state index in [9.17, 15) is 14.4 Å². The number of hydrogen-bond donors (Lipinski definition) is 0. The molecule has 0 aliphatic carbocycles. The molecule has 3 aromatic rings. The van der Waals surface area contributed by atoms with Gasteiger partial charge in [0.15, 0.2) is 0 Å². The van der Waals surface area contributed by atoms with E-state index >= 15 is 0 Å². The van der Waals surface area contributed by atoms with Gasteiger partial charge in [-0.1, -0.05) is 91.0 Å². The van der Waals surface area contributed by atoms with Crippen LogP contribution in [-0.2, 0) is 62.6 Å². The minimum absolute atomic E-state index is 0.0835. The average Bonchev–Trinajstić information content (AvgIpc) is 3.36. The van der Waals surface area contributed by atoms with E-state index in [0.29, 0.717) is 6.61 Å². The first-order chi connectivity index (χ1) is 21.9. The summed E-state index contributed by atoms with van der Waals surface area (Å²) in [5.74, 6) is -2.22. The van der Waals surface area contributed by atoms with Gasteiger partial charge in [0.05, 0.1) is 39.6 Å². The molecule has 0 spiro atoms. The second-order valence-corrected chi connectivity index (χ2v) is 10.8. The zero-order valence-corrected chi connectivity index (χ0v) is 25.5. The van der Waals surface area contributed by atoms with Crippen molar-refractivity contribution in [2.45, 2.75) is 64.1 Å². The molecule has 3 aromatic carbocycles. The summed E-state index contributed by atoms with van der Waals surface area (Å²) in [7, 11) is 1.21. The lowest BCUT2D eigenvalue weighted by Crippen LogP contribution is -2.64. The van der Waals surface area contributed by atoms with Crippen molar-refractivity contribution in [1.82, 2.24) is 4.90 Å². The van der Waals surface area contributed by atoms with E-state index in [-0.39, 0.29) is 31.3 Å². The van der Waals surface area contributed by atoms with Gasteiger partial charge in [0.1, 0.15) is 30.0 Å². The number of carbonyl (C=O) groups is 3. The van der Waals surface area contributed by atoms with E-state index in [1.54, 1.807) is 0 Å². The SMILES string of the molecule is COC(=O)C1=C(OC(C)=O)N(C(C)=O)[C@@H]2[C@@H](OCc3ccccc3)[C@@H](OCc3ccccc3)[C@@H](COCc3ccccc3)O[C@@H]12. The van der Waals surface area contributed by atoms with Crippen LogP contribution >= 0.6 is 0 Å². The molecule has 0 aromatic heterocycles. The number of esters is 2. The summed E-state index contributed by atoms with van der Waals surface area (Å²) in [6, 6.07) is 28.0. The van der Waals surface area contributed by atoms with Crippen LogP contribution in [0.5, 0.6) is 0 Å². The highest BCUT2D eigenvalue weighted by atomic mass is 16.6. The fraction of sp³-hybridized carbons (Fsp3) is 0.343. The topological polar surface area (TPSA) is 110 Å². The molecule has 236 valence electrons. The number of amides is 1. The Morgan fingerprint density at radius 3 is 1.73 bits per heavy atom. The second-order valence-electron chi connectivity index (χ2n) is 10.8. The Bertz CT molecular complexity index is 1480. The van der Waals surface area contributed by atoms with Crippen molar-refractivity contribution in [3.8, 4) is 0 Å². The number of ether oxygens (including phenoxy) is 6. The predicted octanol–water partition coefficient (Wildman–Crippen LogP) is 4.32. The highest BCUT2D eigenvalue weighted by Crippen LogP contribution is 2.42. The number of hydrogen-bond acceptors (Lipinski definition) is 9. The zero-order chi connectivity index (χ0) is 31.8. The summed E-state index contributed by atoms with van der Waals surface area (Å²) >= 11 is 0. The van der Waals surface area contributed by atoms with Gasteiger partial charge in [-0.25, -0.2) is 4.79 Å². The monoisotopic (exact) mass is 615 g/mol. The van der Waals surface area contributed by atoms with Crippen molar-refractivity contribution in [2.24, 2.45) is 0 Å². The first-order valence-corrected chi connectivity index (χ1v) is 14.8. The van der Waals surface area contributed by atoms with E-state index < -0.39 is 48.3 Å². The first-order valence-electron chi connectivity index (χ1n) is 14.8. The number of fused-ring (bicyclic) bond motifs is 1. The molecule has 2 aliphatic rings. The van der Waals surface area contributed by atoms with Gasteiger partial charge in [0.25, 0.3) is 0 Å². The van der Waals surface area contributed by atoms with Crippen molar-refractivity contribution in [2.75, 3.05) is 13.7 Å². The Labute approximate surface area is 262 Å². The van der Waals surface area contributed by atoms with Gasteiger partial charge in [-0.2, -0.15) is 0 Å². The molecular formula is C35H37NO9. The van der Waals surface area contributed by atoms with Gasteiger partial charge < -0.3 is 28.4 Å². The number of carbonyl (C=O) groups excluding carboxylic acids is 3. The van der Waals surface area contributed by atoms with E-state index in [2.05, 4.69) is 0 Å². The summed E-state index contributed by atoms with van der Waals surface area (Å²) < 4.78 is 36.5. The van der Waals surface area contributed by atoms with Crippen LogP contribution in [0.25, 0.3) is 0 Å². The van der Waals surface area contributed by atoms with Gasteiger partial charge >= 0.3 is 11.9 Å². The predicted molar refractivity (Wildman–Crippen MR) is 162 cm³/mol. The van der Waals surface area contributed by atoms with Crippen molar-refractivity contribution in [1.29, 1.82) is 0 Å². The summed E-state index contributed by atoms with van der Waals surface area (Å²) in [5, 5.41) is 0. The van der Waals surface area contributed by atoms with E-state index in [0.717, 1.165) is 16.7 Å². The minimum atomic E-state index is -1.06. The minimum Gasteiger partial charge on any atom is -0.465 e. The standard InChI is InChI=1S/C35H37NO9/c1-23(37)36-30-32(29(35(39)40-3)34(36)44-24(2)38)45-28(22-41-19-25-13-7-4-8-14-25)31(42-20-26-15-9-5-10-16-26)33(30)43-21-27-17-11-6-12-18-27/h4-18,28,30-33H,19-22H2,1-3H3/t28-,30+,31+,32+,33-/m1/s1. The summed E-state index contributed by atoms with van der Waals surface area (Å²) in [6.07, 6.45) is -3.40. The van der Waals surface area contributed by atoms with Crippen LogP contribution in [0.3, 0.4) is 0 Å². The van der Waals surface area contributed by atoms with Crippen molar-refractivity contribution in [3.63, 3.8) is 0 Å². The fourth-order valence-corrected chi connectivity index (χ4v) is 5.67. The normalized spacial score (nSPS) is 22.6. The van der Waals surface area contributed by atoms with Crippen molar-refractivity contribution in [3.05, 3.63) is 119 Å². The molecule has 0 N–H and O–H groups in total. The third kappa shape index (κ3) is 7.66. The van der Waals surface area contributed by atoms with Crippen LogP contribution in [0.4, 0.5) is 0 Å². The van der Waals surface area contributed by atoms with Gasteiger partial charge in [0.2, 0.25) is 11.8 Å². The Balaban J connectivity index is 1.54. The third-order valence-corrected chi connectivity index (χ3v) is 7.64. The third-order valence-electron chi connectivity index (χ3n) is 7.64. The first kappa shape index (κ1) is 32.1. The smallest absolute Gasteiger partial charge is 0.341 e. The Morgan fingerprint density at radius 2 is 1.24 bits per heavy atom. The van der Waals surface area contributed by atoms with E-state index in [4.69, 9.17) is 28.4 Å². The largest absolute Gasteiger partial charge is 0.465 e. The van der Waals surface area contributed by atoms with Gasteiger partial charge in [0, 0.05) is 13.8 Å². The lowest BCUT2D eigenvalue weighted by Gasteiger charge is -2.46. The molecule has 10 nitrogen and oxygen atoms in total. The maximum Gasteiger partial charge on any atom is 0.341 e. The lowest BCUT2D eigenvalue weighted by atomic mass is 9.90. The molecule has 2 heterocycles. The summed E-state index contributed by atoms with van der Waals surface area (Å²) in [6.45, 7) is 3.32. The molecule has 45 heavy (non-hydrogen) atoms. The van der Waals surface area contributed by atoms with E-state index in [1.807, 2.05) is 91.0 Å². The van der Waals surface area contributed by atoms with Crippen LogP contribution in [0.2, 0.25) is 0 Å². The molecule has 5 atom stereocenters. The lowest BCUT2D eigenvalue weighted by molar-refractivity contribution is -0.234. The van der Waals surface area contributed by atoms with Crippen LogP contribution in [0.1, 0.15) is 30.5 Å². The number of benzene rings is 3. The maximum atomic E-state index is 13.2. The van der Waals surface area contributed by atoms with Crippen molar-refractivity contribution < 1.29 is 42.8 Å². The van der Waals surface area contributed by atoms with Gasteiger partial charge in [-0.15, -0.1) is 0 Å². The highest BCUT2D eigenvalue weighted by molar-refractivity contribution is 5.93. The van der Waals surface area contributed by atoms with Gasteiger partial charge in [-0.05, 0) is 16.7 Å². The van der Waals surface area contributed by atoms with Crippen molar-refractivity contribution >= 4 is 17.8 Å². The van der Waals surface area contributed by atoms with Crippen LogP contribution in [0.15, 0.2) is 102 Å². The highest BCUT2D eigenvalue weighted by Gasteiger charge is 2.59. The molecule has 2 aliphatic heterocycles. The fourth-order valence-electron chi connectivity index (χ4n) is 5.67. The molecule has 0 radical (unpaired) electrons. The maximum absolute atomic E-state index is 13.2. The molecule has 1 saturated heterocycles. The molecular weight excluding hydrogens is 578 g/mol. The molecule has 1 amide bonds. The van der Waals surface area contributed by atoms with Crippen LogP contribution in [-0.4, -0.2) is 66.9 Å². The van der Waals surface area contributed by atoms with Crippen LogP contribution < -0.4 is 0 Å². The summed E-state index contributed by atoms with van der Waals surface area (Å²) in [4.78, 5) is 39.9. The molecule has 0 saturated carbocycles. The number of methoxy groups -OCH3 is 1. The quantitative estimate of drug-likeness (QED) is 0.275. The molecule has 0 bridgehead atoms. The molecule has 0 unspecified atom stereocenters. The number of nitrogens with zero attached hydrogens (tertiary/aromatic N) is 1. The molecule has 1 fully saturated rings. The van der Waals surface area contributed by atoms with E-state index in [1.165, 1.54) is 25.9 Å². The summed E-state index contributed by atoms with van der Waals surface area (Å²) in [5.41, 5.74) is 2.71.